The first-order chi connectivity index (χ1) is 16.0. The van der Waals surface area contributed by atoms with Gasteiger partial charge < -0.3 is 15.5 Å². The molecule has 2 aromatic rings. The van der Waals surface area contributed by atoms with Crippen molar-refractivity contribution < 1.29 is 14.4 Å². The zero-order valence-corrected chi connectivity index (χ0v) is 20.0. The fourth-order valence-corrected chi connectivity index (χ4v) is 5.48. The predicted molar refractivity (Wildman–Crippen MR) is 131 cm³/mol. The lowest BCUT2D eigenvalue weighted by Gasteiger charge is -2.29. The van der Waals surface area contributed by atoms with E-state index in [1.54, 1.807) is 0 Å². The number of hydrogen-bond donors (Lipinski definition) is 2. The van der Waals surface area contributed by atoms with Crippen LogP contribution in [0.1, 0.15) is 50.3 Å². The molecular weight excluding hydrogens is 434 g/mol. The van der Waals surface area contributed by atoms with Crippen molar-refractivity contribution in [1.29, 1.82) is 0 Å². The van der Waals surface area contributed by atoms with Gasteiger partial charge in [-0.2, -0.15) is 0 Å². The molecule has 0 radical (unpaired) electrons. The summed E-state index contributed by atoms with van der Waals surface area (Å²) >= 11 is 1.53. The quantitative estimate of drug-likeness (QED) is 0.679. The number of thioether (sulfide) groups is 1. The number of nitrogens with zero attached hydrogens (tertiary/aromatic N) is 1. The number of benzene rings is 2. The van der Waals surface area contributed by atoms with Gasteiger partial charge in [0.05, 0.1) is 11.7 Å². The van der Waals surface area contributed by atoms with Gasteiger partial charge in [-0.15, -0.1) is 11.8 Å². The van der Waals surface area contributed by atoms with Gasteiger partial charge in [0, 0.05) is 16.6 Å². The van der Waals surface area contributed by atoms with Crippen LogP contribution < -0.4 is 15.5 Å². The van der Waals surface area contributed by atoms with E-state index in [0.29, 0.717) is 17.9 Å². The number of amides is 3. The molecule has 1 heterocycles. The van der Waals surface area contributed by atoms with Gasteiger partial charge >= 0.3 is 0 Å². The summed E-state index contributed by atoms with van der Waals surface area (Å²) in [7, 11) is 0. The molecule has 0 bridgehead atoms. The molecule has 0 aromatic heterocycles. The summed E-state index contributed by atoms with van der Waals surface area (Å²) in [5.74, 6) is -0.309. The van der Waals surface area contributed by atoms with E-state index in [2.05, 4.69) is 22.8 Å². The van der Waals surface area contributed by atoms with Crippen LogP contribution in [0.25, 0.3) is 0 Å². The Balaban J connectivity index is 1.53. The van der Waals surface area contributed by atoms with Crippen LogP contribution in [0.2, 0.25) is 0 Å². The van der Waals surface area contributed by atoms with Gasteiger partial charge in [0.2, 0.25) is 11.8 Å². The zero-order chi connectivity index (χ0) is 23.4. The number of carbonyl (C=O) groups is 3. The van der Waals surface area contributed by atoms with E-state index < -0.39 is 6.04 Å². The minimum Gasteiger partial charge on any atom is -0.348 e. The summed E-state index contributed by atoms with van der Waals surface area (Å²) in [5, 5.41) is 6.06. The second-order valence-electron chi connectivity index (χ2n) is 8.78. The normalized spacial score (nSPS) is 20.8. The molecule has 0 unspecified atom stereocenters. The van der Waals surface area contributed by atoms with Gasteiger partial charge in [-0.25, -0.2) is 0 Å². The summed E-state index contributed by atoms with van der Waals surface area (Å²) in [6.07, 6.45) is 3.63. The Hall–Kier alpha value is -2.80. The van der Waals surface area contributed by atoms with Crippen molar-refractivity contribution in [2.45, 2.75) is 56.5 Å². The number of carbonyl (C=O) groups excluding carboxylic acids is 3. The number of anilines is 1. The third-order valence-corrected chi connectivity index (χ3v) is 7.66. The third kappa shape index (κ3) is 5.24. The molecule has 174 valence electrons. The van der Waals surface area contributed by atoms with Crippen LogP contribution in [0.4, 0.5) is 5.69 Å². The fraction of sp³-hybridized carbons (Fsp3) is 0.423. The van der Waals surface area contributed by atoms with E-state index >= 15 is 0 Å². The molecule has 2 N–H and O–H groups in total. The first kappa shape index (κ1) is 23.4. The molecule has 3 amide bonds. The Morgan fingerprint density at radius 1 is 1.09 bits per heavy atom. The van der Waals surface area contributed by atoms with Crippen molar-refractivity contribution in [3.05, 3.63) is 59.7 Å². The Bertz CT molecular complexity index is 1040. The molecule has 0 fully saturated rings. The largest absolute Gasteiger partial charge is 0.348 e. The average molecular weight is 466 g/mol. The monoisotopic (exact) mass is 465 g/mol. The van der Waals surface area contributed by atoms with E-state index in [0.717, 1.165) is 29.7 Å². The molecule has 2 aromatic carbocycles. The second-order valence-corrected chi connectivity index (χ2v) is 9.85. The van der Waals surface area contributed by atoms with Crippen LogP contribution in [-0.4, -0.2) is 36.1 Å². The van der Waals surface area contributed by atoms with Crippen molar-refractivity contribution in [1.82, 2.24) is 10.6 Å². The van der Waals surface area contributed by atoms with Crippen molar-refractivity contribution >= 4 is 35.2 Å². The standard InChI is InChI=1S/C26H31N3O3S/c1-3-17(2)25(31)28-21-16-33-23-14-7-6-13-22(23)29(26(21)32)15-24(30)27-20-12-8-10-18-9-4-5-11-19(18)20/h4-7,9,11,13-14,17,20-21H,3,8,10,12,15-16H2,1-2H3,(H,27,30)(H,28,31)/t17-,20-,21-/m1/s1. The van der Waals surface area contributed by atoms with E-state index in [-0.39, 0.29) is 36.2 Å². The maximum atomic E-state index is 13.5. The number of rotatable bonds is 6. The Kier molecular flexibility index (Phi) is 7.38. The van der Waals surface area contributed by atoms with E-state index in [1.807, 2.05) is 50.2 Å². The molecule has 0 saturated carbocycles. The van der Waals surface area contributed by atoms with Crippen LogP contribution in [-0.2, 0) is 20.8 Å². The van der Waals surface area contributed by atoms with Crippen LogP contribution in [0.15, 0.2) is 53.4 Å². The highest BCUT2D eigenvalue weighted by atomic mass is 32.2. The van der Waals surface area contributed by atoms with Gasteiger partial charge in [0.1, 0.15) is 12.6 Å². The maximum absolute atomic E-state index is 13.5. The van der Waals surface area contributed by atoms with Crippen LogP contribution in [0.3, 0.4) is 0 Å². The first-order valence-corrected chi connectivity index (χ1v) is 12.7. The van der Waals surface area contributed by atoms with Crippen molar-refractivity contribution in [3.8, 4) is 0 Å². The highest BCUT2D eigenvalue weighted by Crippen LogP contribution is 2.34. The van der Waals surface area contributed by atoms with E-state index in [9.17, 15) is 14.4 Å². The van der Waals surface area contributed by atoms with E-state index in [1.165, 1.54) is 22.2 Å². The number of fused-ring (bicyclic) bond motifs is 2. The van der Waals surface area contributed by atoms with Gasteiger partial charge in [-0.3, -0.25) is 14.4 Å². The van der Waals surface area contributed by atoms with Gasteiger partial charge in [0.25, 0.3) is 5.91 Å². The molecular formula is C26H31N3O3S. The second kappa shape index (κ2) is 10.4. The summed E-state index contributed by atoms with van der Waals surface area (Å²) in [5.41, 5.74) is 3.15. The first-order valence-electron chi connectivity index (χ1n) is 11.7. The molecule has 4 rings (SSSR count). The average Bonchev–Trinajstić information content (AvgIpc) is 2.96. The van der Waals surface area contributed by atoms with Crippen LogP contribution in [0, 0.1) is 5.92 Å². The van der Waals surface area contributed by atoms with Crippen LogP contribution in [0.5, 0.6) is 0 Å². The number of para-hydroxylation sites is 1. The van der Waals surface area contributed by atoms with Gasteiger partial charge in [-0.1, -0.05) is 50.2 Å². The lowest BCUT2D eigenvalue weighted by atomic mass is 9.88. The predicted octanol–water partition coefficient (Wildman–Crippen LogP) is 3.85. The molecule has 6 nitrogen and oxygen atoms in total. The molecule has 1 aliphatic carbocycles. The molecule has 1 aliphatic heterocycles. The zero-order valence-electron chi connectivity index (χ0n) is 19.2. The van der Waals surface area contributed by atoms with Crippen molar-refractivity contribution in [3.63, 3.8) is 0 Å². The molecule has 0 spiro atoms. The number of hydrogen-bond acceptors (Lipinski definition) is 4. The topological polar surface area (TPSA) is 78.5 Å². The molecule has 2 aliphatic rings. The summed E-state index contributed by atoms with van der Waals surface area (Å²) in [4.78, 5) is 41.6. The Morgan fingerprint density at radius 3 is 2.67 bits per heavy atom. The highest BCUT2D eigenvalue weighted by Gasteiger charge is 2.34. The highest BCUT2D eigenvalue weighted by molar-refractivity contribution is 7.99. The lowest BCUT2D eigenvalue weighted by Crippen LogP contribution is -2.52. The molecule has 33 heavy (non-hydrogen) atoms. The SMILES string of the molecule is CC[C@@H](C)C(=O)N[C@@H]1CSc2ccccc2N(CC(=O)N[C@@H]2CCCc3ccccc32)C1=O. The molecule has 7 heteroatoms. The summed E-state index contributed by atoms with van der Waals surface area (Å²) < 4.78 is 0. The Morgan fingerprint density at radius 2 is 1.85 bits per heavy atom. The van der Waals surface area contributed by atoms with Crippen molar-refractivity contribution in [2.24, 2.45) is 5.92 Å². The maximum Gasteiger partial charge on any atom is 0.250 e. The van der Waals surface area contributed by atoms with Crippen molar-refractivity contribution in [2.75, 3.05) is 17.2 Å². The minimum atomic E-state index is -0.674. The van der Waals surface area contributed by atoms with Crippen LogP contribution >= 0.6 is 11.8 Å². The summed E-state index contributed by atoms with van der Waals surface area (Å²) in [6.45, 7) is 3.72. The lowest BCUT2D eigenvalue weighted by molar-refractivity contribution is -0.129. The van der Waals surface area contributed by atoms with Gasteiger partial charge in [-0.05, 0) is 48.9 Å². The summed E-state index contributed by atoms with van der Waals surface area (Å²) in [6, 6.07) is 15.1. The minimum absolute atomic E-state index is 0.0462. The molecule has 3 atom stereocenters. The smallest absolute Gasteiger partial charge is 0.250 e. The third-order valence-electron chi connectivity index (χ3n) is 6.51. The Labute approximate surface area is 199 Å². The van der Waals surface area contributed by atoms with E-state index in [4.69, 9.17) is 0 Å². The van der Waals surface area contributed by atoms with Gasteiger partial charge in [0.15, 0.2) is 0 Å². The number of aryl methyl sites for hydroxylation is 1. The fourth-order valence-electron chi connectivity index (χ4n) is 4.41. The number of nitrogens with one attached hydrogen (secondary N) is 2. The molecule has 0 saturated heterocycles.